The number of hydrogen-bond donors (Lipinski definition) is 1. The van der Waals surface area contributed by atoms with Gasteiger partial charge in [-0.3, -0.25) is 14.3 Å². The third kappa shape index (κ3) is 3.98. The number of amides is 1. The molecule has 2 aromatic carbocycles. The summed E-state index contributed by atoms with van der Waals surface area (Å²) in [6, 6.07) is 17.0. The fourth-order valence-corrected chi connectivity index (χ4v) is 3.05. The Hall–Kier alpha value is -3.74. The fraction of sp³-hybridized carbons (Fsp3) is 0.143. The molecular weight excluding hydrogens is 354 g/mol. The van der Waals surface area contributed by atoms with Crippen LogP contribution in [0.25, 0.3) is 10.8 Å². The topological polar surface area (TPSA) is 81.8 Å². The van der Waals surface area contributed by atoms with Crippen molar-refractivity contribution >= 4 is 16.7 Å². The Labute approximate surface area is 161 Å². The molecule has 0 aliphatic heterocycles. The highest BCUT2D eigenvalue weighted by Crippen LogP contribution is 2.08. The minimum atomic E-state index is -0.269. The number of carbonyl (C=O) groups excluding carboxylic acids is 1. The smallest absolute Gasteiger partial charge is 0.275 e. The van der Waals surface area contributed by atoms with Gasteiger partial charge in [-0.15, -0.1) is 0 Å². The number of rotatable bonds is 6. The maximum atomic E-state index is 12.4. The van der Waals surface area contributed by atoms with E-state index < -0.39 is 0 Å². The maximum Gasteiger partial charge on any atom is 0.275 e. The largest absolute Gasteiger partial charge is 0.350 e. The van der Waals surface area contributed by atoms with Crippen LogP contribution in [0.1, 0.15) is 11.1 Å². The Balaban J connectivity index is 1.40. The van der Waals surface area contributed by atoms with Gasteiger partial charge in [-0.25, -0.2) is 4.68 Å². The standard InChI is InChI=1S/C21H19N5O2/c27-20(15-26-21(28)19-8-2-1-7-18(19)13-24-26)22-12-16-5-3-6-17(11-16)14-25-10-4-9-23-25/h1-11,13H,12,14-15H2,(H,22,27). The third-order valence-corrected chi connectivity index (χ3v) is 4.44. The average Bonchev–Trinajstić information content (AvgIpc) is 3.22. The van der Waals surface area contributed by atoms with Gasteiger partial charge in [0.1, 0.15) is 6.54 Å². The number of aromatic nitrogens is 4. The molecule has 0 spiro atoms. The van der Waals surface area contributed by atoms with Gasteiger partial charge in [-0.05, 0) is 23.3 Å². The maximum absolute atomic E-state index is 12.4. The van der Waals surface area contributed by atoms with Crippen molar-refractivity contribution in [2.24, 2.45) is 0 Å². The van der Waals surface area contributed by atoms with Gasteiger partial charge in [0, 0.05) is 24.3 Å². The van der Waals surface area contributed by atoms with Crippen molar-refractivity contribution in [1.29, 1.82) is 0 Å². The van der Waals surface area contributed by atoms with Crippen LogP contribution in [-0.2, 0) is 24.4 Å². The molecule has 0 unspecified atom stereocenters. The zero-order valence-electron chi connectivity index (χ0n) is 15.2. The first kappa shape index (κ1) is 17.7. The summed E-state index contributed by atoms with van der Waals surface area (Å²) in [5.41, 5.74) is 1.81. The molecule has 4 rings (SSSR count). The first-order valence-electron chi connectivity index (χ1n) is 8.96. The van der Waals surface area contributed by atoms with E-state index in [1.807, 2.05) is 53.3 Å². The van der Waals surface area contributed by atoms with Crippen LogP contribution in [0.15, 0.2) is 78.0 Å². The summed E-state index contributed by atoms with van der Waals surface area (Å²) in [6.45, 7) is 0.940. The molecule has 0 atom stereocenters. The number of nitrogens with zero attached hydrogens (tertiary/aromatic N) is 4. The number of benzene rings is 2. The highest BCUT2D eigenvalue weighted by atomic mass is 16.2. The van der Waals surface area contributed by atoms with Crippen LogP contribution in [-0.4, -0.2) is 25.5 Å². The molecule has 1 amide bonds. The number of hydrogen-bond acceptors (Lipinski definition) is 4. The summed E-state index contributed by atoms with van der Waals surface area (Å²) in [7, 11) is 0. The molecule has 1 N–H and O–H groups in total. The van der Waals surface area contributed by atoms with Crippen molar-refractivity contribution in [2.75, 3.05) is 0 Å². The Bertz CT molecular complexity index is 1160. The molecule has 7 nitrogen and oxygen atoms in total. The van der Waals surface area contributed by atoms with Gasteiger partial charge in [0.15, 0.2) is 0 Å². The Kier molecular flexibility index (Phi) is 4.97. The molecule has 0 saturated carbocycles. The fourth-order valence-electron chi connectivity index (χ4n) is 3.05. The molecule has 140 valence electrons. The SMILES string of the molecule is O=C(Cn1ncc2ccccc2c1=O)NCc1cccc(Cn2cccn2)c1. The van der Waals surface area contributed by atoms with Crippen LogP contribution in [0.2, 0.25) is 0 Å². The normalized spacial score (nSPS) is 10.9. The van der Waals surface area contributed by atoms with Crippen LogP contribution in [0, 0.1) is 0 Å². The lowest BCUT2D eigenvalue weighted by molar-refractivity contribution is -0.122. The second-order valence-electron chi connectivity index (χ2n) is 6.49. The quantitative estimate of drug-likeness (QED) is 0.560. The van der Waals surface area contributed by atoms with Crippen molar-refractivity contribution in [1.82, 2.24) is 24.9 Å². The van der Waals surface area contributed by atoms with E-state index in [-0.39, 0.29) is 18.0 Å². The van der Waals surface area contributed by atoms with Gasteiger partial charge in [0.25, 0.3) is 5.56 Å². The minimum absolute atomic E-state index is 0.114. The molecule has 0 fully saturated rings. The average molecular weight is 373 g/mol. The van der Waals surface area contributed by atoms with Gasteiger partial charge in [-0.1, -0.05) is 42.5 Å². The van der Waals surface area contributed by atoms with E-state index >= 15 is 0 Å². The molecule has 0 saturated heterocycles. The van der Waals surface area contributed by atoms with Crippen LogP contribution in [0.4, 0.5) is 0 Å². The summed E-state index contributed by atoms with van der Waals surface area (Å²) in [5, 5.41) is 12.5. The van der Waals surface area contributed by atoms with Gasteiger partial charge < -0.3 is 5.32 Å². The molecule has 0 bridgehead atoms. The van der Waals surface area contributed by atoms with Crippen molar-refractivity contribution in [3.63, 3.8) is 0 Å². The summed E-state index contributed by atoms with van der Waals surface area (Å²) in [4.78, 5) is 24.7. The molecule has 2 aromatic heterocycles. The molecule has 0 aliphatic carbocycles. The van der Waals surface area contributed by atoms with E-state index in [0.29, 0.717) is 18.5 Å². The van der Waals surface area contributed by atoms with Crippen molar-refractivity contribution in [3.05, 3.63) is 94.7 Å². The number of carbonyl (C=O) groups is 1. The van der Waals surface area contributed by atoms with Gasteiger partial charge >= 0.3 is 0 Å². The Morgan fingerprint density at radius 3 is 2.71 bits per heavy atom. The number of fused-ring (bicyclic) bond motifs is 1. The van der Waals surface area contributed by atoms with Gasteiger partial charge in [0.05, 0.1) is 18.1 Å². The van der Waals surface area contributed by atoms with E-state index in [4.69, 9.17) is 0 Å². The molecule has 4 aromatic rings. The monoisotopic (exact) mass is 373 g/mol. The number of nitrogens with one attached hydrogen (secondary N) is 1. The Morgan fingerprint density at radius 1 is 1.00 bits per heavy atom. The Morgan fingerprint density at radius 2 is 1.86 bits per heavy atom. The lowest BCUT2D eigenvalue weighted by Gasteiger charge is -2.09. The highest BCUT2D eigenvalue weighted by Gasteiger charge is 2.08. The predicted octanol–water partition coefficient (Wildman–Crippen LogP) is 1.96. The first-order chi connectivity index (χ1) is 13.7. The second kappa shape index (κ2) is 7.87. The van der Waals surface area contributed by atoms with Crippen molar-refractivity contribution < 1.29 is 4.79 Å². The van der Waals surface area contributed by atoms with Gasteiger partial charge in [0.2, 0.25) is 5.91 Å². The molecule has 0 radical (unpaired) electrons. The molecular formula is C21H19N5O2. The van der Waals surface area contributed by atoms with E-state index in [2.05, 4.69) is 15.5 Å². The zero-order chi connectivity index (χ0) is 19.3. The molecule has 28 heavy (non-hydrogen) atoms. The van der Waals surface area contributed by atoms with E-state index in [1.54, 1.807) is 24.5 Å². The lowest BCUT2D eigenvalue weighted by atomic mass is 10.1. The van der Waals surface area contributed by atoms with E-state index in [9.17, 15) is 9.59 Å². The zero-order valence-corrected chi connectivity index (χ0v) is 15.2. The van der Waals surface area contributed by atoms with Crippen LogP contribution in [0.3, 0.4) is 0 Å². The van der Waals surface area contributed by atoms with Crippen LogP contribution >= 0.6 is 0 Å². The van der Waals surface area contributed by atoms with Crippen LogP contribution < -0.4 is 10.9 Å². The molecule has 0 aliphatic rings. The van der Waals surface area contributed by atoms with E-state index in [1.165, 1.54) is 4.68 Å². The van der Waals surface area contributed by atoms with Crippen molar-refractivity contribution in [2.45, 2.75) is 19.6 Å². The first-order valence-corrected chi connectivity index (χ1v) is 8.96. The highest BCUT2D eigenvalue weighted by molar-refractivity contribution is 5.81. The van der Waals surface area contributed by atoms with Crippen LogP contribution in [0.5, 0.6) is 0 Å². The summed E-state index contributed by atoms with van der Waals surface area (Å²) in [6.07, 6.45) is 5.25. The predicted molar refractivity (Wildman–Crippen MR) is 106 cm³/mol. The van der Waals surface area contributed by atoms with E-state index in [0.717, 1.165) is 16.5 Å². The molecule has 7 heteroatoms. The summed E-state index contributed by atoms with van der Waals surface area (Å²) in [5.74, 6) is -0.262. The minimum Gasteiger partial charge on any atom is -0.350 e. The summed E-state index contributed by atoms with van der Waals surface area (Å²) >= 11 is 0. The molecule has 2 heterocycles. The third-order valence-electron chi connectivity index (χ3n) is 4.44. The van der Waals surface area contributed by atoms with Crippen molar-refractivity contribution in [3.8, 4) is 0 Å². The van der Waals surface area contributed by atoms with Gasteiger partial charge in [-0.2, -0.15) is 10.2 Å². The second-order valence-corrected chi connectivity index (χ2v) is 6.49. The summed E-state index contributed by atoms with van der Waals surface area (Å²) < 4.78 is 3.03. The lowest BCUT2D eigenvalue weighted by Crippen LogP contribution is -2.33.